The number of hydrogen-bond acceptors (Lipinski definition) is 5. The Kier molecular flexibility index (Phi) is 6.20. The molecule has 0 saturated carbocycles. The number of rotatable bonds is 5. The molecule has 1 aromatic rings. The molecule has 0 bridgehead atoms. The molecule has 2 aliphatic heterocycles. The normalized spacial score (nSPS) is 29.6. The topological polar surface area (TPSA) is 81.8 Å². The number of nitrogens with one attached hydrogen (secondary N) is 2. The van der Waals surface area contributed by atoms with E-state index in [1.165, 1.54) is 4.31 Å². The summed E-state index contributed by atoms with van der Waals surface area (Å²) in [7, 11) is -3.49. The number of carbonyl (C=O) groups is 1. The summed E-state index contributed by atoms with van der Waals surface area (Å²) in [6.07, 6.45) is 1.43. The first-order valence-corrected chi connectivity index (χ1v) is 11.2. The Bertz CT molecular complexity index is 745. The number of anilines is 1. The lowest BCUT2D eigenvalue weighted by molar-refractivity contribution is -0.123. The summed E-state index contributed by atoms with van der Waals surface area (Å²) >= 11 is 0. The minimum absolute atomic E-state index is 0.00682. The number of sulfonamides is 1. The number of benzene rings is 1. The van der Waals surface area contributed by atoms with Gasteiger partial charge in [0.2, 0.25) is 15.9 Å². The van der Waals surface area contributed by atoms with Crippen molar-refractivity contribution in [2.45, 2.75) is 50.9 Å². The van der Waals surface area contributed by atoms with Crippen LogP contribution in [0, 0.1) is 5.92 Å². The van der Waals surface area contributed by atoms with Gasteiger partial charge in [-0.15, -0.1) is 0 Å². The zero-order chi connectivity index (χ0) is 19.6. The maximum atomic E-state index is 13.2. The van der Waals surface area contributed by atoms with Crippen molar-refractivity contribution in [3.8, 4) is 0 Å². The standard InChI is InChI=1S/C19H30N4O3S/c1-4-23(17-10-6-5-7-11-17)19(24)16-9-8-12-22(13-16)27(25,26)18-14(2)20-21-15(18)3/h5-7,10-11,14-16,18,20-21H,4,8-9,12-13H2,1-3H3. The summed E-state index contributed by atoms with van der Waals surface area (Å²) in [5, 5.41) is -0.525. The molecule has 2 saturated heterocycles. The van der Waals surface area contributed by atoms with Crippen molar-refractivity contribution in [3.63, 3.8) is 0 Å². The van der Waals surface area contributed by atoms with Gasteiger partial charge in [-0.05, 0) is 45.7 Å². The van der Waals surface area contributed by atoms with Crippen molar-refractivity contribution < 1.29 is 13.2 Å². The lowest BCUT2D eigenvalue weighted by Gasteiger charge is -2.36. The maximum absolute atomic E-state index is 13.2. The van der Waals surface area contributed by atoms with Gasteiger partial charge in [-0.2, -0.15) is 0 Å². The zero-order valence-electron chi connectivity index (χ0n) is 16.3. The number of para-hydroxylation sites is 1. The van der Waals surface area contributed by atoms with E-state index >= 15 is 0 Å². The van der Waals surface area contributed by atoms with E-state index in [1.807, 2.05) is 51.1 Å². The molecular formula is C19H30N4O3S. The first-order chi connectivity index (χ1) is 12.9. The quantitative estimate of drug-likeness (QED) is 0.788. The summed E-state index contributed by atoms with van der Waals surface area (Å²) in [4.78, 5) is 14.9. The molecule has 0 spiro atoms. The number of amides is 1. The van der Waals surface area contributed by atoms with E-state index < -0.39 is 15.3 Å². The van der Waals surface area contributed by atoms with Crippen molar-refractivity contribution >= 4 is 21.6 Å². The zero-order valence-corrected chi connectivity index (χ0v) is 17.1. The summed E-state index contributed by atoms with van der Waals surface area (Å²) in [6, 6.07) is 9.23. The Balaban J connectivity index is 1.76. The van der Waals surface area contributed by atoms with Crippen molar-refractivity contribution in [1.82, 2.24) is 15.2 Å². The van der Waals surface area contributed by atoms with Crippen molar-refractivity contribution in [1.29, 1.82) is 0 Å². The van der Waals surface area contributed by atoms with E-state index in [-0.39, 0.29) is 30.5 Å². The third kappa shape index (κ3) is 4.03. The second-order valence-corrected chi connectivity index (χ2v) is 9.58. The largest absolute Gasteiger partial charge is 0.312 e. The first-order valence-electron chi connectivity index (χ1n) is 9.72. The van der Waals surface area contributed by atoms with Gasteiger partial charge in [0.15, 0.2) is 0 Å². The highest BCUT2D eigenvalue weighted by molar-refractivity contribution is 7.89. The SMILES string of the molecule is CCN(C(=O)C1CCCN(S(=O)(=O)C2C(C)NNC2C)C1)c1ccccc1. The van der Waals surface area contributed by atoms with Gasteiger partial charge in [-0.25, -0.2) is 12.7 Å². The predicted molar refractivity (Wildman–Crippen MR) is 107 cm³/mol. The predicted octanol–water partition coefficient (Wildman–Crippen LogP) is 1.33. The van der Waals surface area contributed by atoms with E-state index in [4.69, 9.17) is 0 Å². The molecule has 0 radical (unpaired) electrons. The van der Waals surface area contributed by atoms with Crippen LogP contribution in [0.5, 0.6) is 0 Å². The van der Waals surface area contributed by atoms with Crippen LogP contribution < -0.4 is 15.8 Å². The summed E-state index contributed by atoms with van der Waals surface area (Å²) in [5.41, 5.74) is 6.89. The van der Waals surface area contributed by atoms with Crippen LogP contribution in [0.2, 0.25) is 0 Å². The molecule has 1 amide bonds. The van der Waals surface area contributed by atoms with Gasteiger partial charge in [0.05, 0.1) is 5.92 Å². The van der Waals surface area contributed by atoms with Gasteiger partial charge in [-0.1, -0.05) is 18.2 Å². The number of nitrogens with zero attached hydrogens (tertiary/aromatic N) is 2. The van der Waals surface area contributed by atoms with Crippen LogP contribution in [0.1, 0.15) is 33.6 Å². The van der Waals surface area contributed by atoms with Gasteiger partial charge in [0.1, 0.15) is 5.25 Å². The van der Waals surface area contributed by atoms with E-state index in [1.54, 1.807) is 4.90 Å². The van der Waals surface area contributed by atoms with E-state index in [2.05, 4.69) is 10.9 Å². The maximum Gasteiger partial charge on any atom is 0.231 e. The summed E-state index contributed by atoms with van der Waals surface area (Å²) in [6.45, 7) is 7.01. The van der Waals surface area contributed by atoms with Crippen LogP contribution >= 0.6 is 0 Å². The Hall–Kier alpha value is -1.48. The molecule has 8 heteroatoms. The lowest BCUT2D eigenvalue weighted by atomic mass is 9.97. The Morgan fingerprint density at radius 1 is 1.19 bits per heavy atom. The minimum Gasteiger partial charge on any atom is -0.312 e. The van der Waals surface area contributed by atoms with Crippen LogP contribution in [0.4, 0.5) is 5.69 Å². The monoisotopic (exact) mass is 394 g/mol. The van der Waals surface area contributed by atoms with Gasteiger partial charge in [-0.3, -0.25) is 15.6 Å². The Labute approximate surface area is 162 Å². The average molecular weight is 395 g/mol. The van der Waals surface area contributed by atoms with E-state index in [9.17, 15) is 13.2 Å². The summed E-state index contributed by atoms with van der Waals surface area (Å²) < 4.78 is 27.9. The highest BCUT2D eigenvalue weighted by Crippen LogP contribution is 2.27. The fourth-order valence-corrected chi connectivity index (χ4v) is 6.50. The van der Waals surface area contributed by atoms with Crippen LogP contribution in [0.3, 0.4) is 0 Å². The van der Waals surface area contributed by atoms with E-state index in [0.717, 1.165) is 12.1 Å². The van der Waals surface area contributed by atoms with E-state index in [0.29, 0.717) is 19.5 Å². The van der Waals surface area contributed by atoms with Crippen LogP contribution in [-0.4, -0.2) is 55.6 Å². The number of hydrogen-bond donors (Lipinski definition) is 2. The Morgan fingerprint density at radius 3 is 2.41 bits per heavy atom. The Morgan fingerprint density at radius 2 is 1.81 bits per heavy atom. The van der Waals surface area contributed by atoms with Crippen LogP contribution in [0.15, 0.2) is 30.3 Å². The second kappa shape index (κ2) is 8.26. The molecule has 2 aliphatic rings. The smallest absolute Gasteiger partial charge is 0.231 e. The number of carbonyl (C=O) groups excluding carboxylic acids is 1. The molecule has 150 valence electrons. The van der Waals surface area contributed by atoms with Crippen molar-refractivity contribution in [3.05, 3.63) is 30.3 Å². The molecule has 2 N–H and O–H groups in total. The highest BCUT2D eigenvalue weighted by Gasteiger charge is 2.45. The molecule has 2 heterocycles. The molecule has 1 aromatic carbocycles. The number of piperidine rings is 1. The fourth-order valence-electron chi connectivity index (χ4n) is 4.22. The van der Waals surface area contributed by atoms with Gasteiger partial charge in [0, 0.05) is 37.4 Å². The summed E-state index contributed by atoms with van der Waals surface area (Å²) in [5.74, 6) is -0.297. The highest BCUT2D eigenvalue weighted by atomic mass is 32.2. The van der Waals surface area contributed by atoms with Crippen LogP contribution in [-0.2, 0) is 14.8 Å². The third-order valence-corrected chi connectivity index (χ3v) is 8.17. The second-order valence-electron chi connectivity index (χ2n) is 7.49. The van der Waals surface area contributed by atoms with Crippen LogP contribution in [0.25, 0.3) is 0 Å². The van der Waals surface area contributed by atoms with Crippen molar-refractivity contribution in [2.24, 2.45) is 5.92 Å². The molecule has 0 aromatic heterocycles. The third-order valence-electron chi connectivity index (χ3n) is 5.61. The number of hydrazine groups is 1. The molecule has 3 rings (SSSR count). The molecular weight excluding hydrogens is 364 g/mol. The van der Waals surface area contributed by atoms with Crippen molar-refractivity contribution in [2.75, 3.05) is 24.5 Å². The molecule has 0 aliphatic carbocycles. The molecule has 3 unspecified atom stereocenters. The average Bonchev–Trinajstić information content (AvgIpc) is 3.02. The van der Waals surface area contributed by atoms with Gasteiger partial charge < -0.3 is 4.90 Å². The first kappa shape index (κ1) is 20.3. The molecule has 27 heavy (non-hydrogen) atoms. The van der Waals surface area contributed by atoms with Gasteiger partial charge >= 0.3 is 0 Å². The fraction of sp³-hybridized carbons (Fsp3) is 0.632. The van der Waals surface area contributed by atoms with Gasteiger partial charge in [0.25, 0.3) is 0 Å². The molecule has 7 nitrogen and oxygen atoms in total. The molecule has 2 fully saturated rings. The minimum atomic E-state index is -3.49. The molecule has 3 atom stereocenters. The lowest BCUT2D eigenvalue weighted by Crippen LogP contribution is -2.52.